The molecule has 1 heterocycles. The summed E-state index contributed by atoms with van der Waals surface area (Å²) in [5, 5.41) is 2.83. The van der Waals surface area contributed by atoms with Gasteiger partial charge < -0.3 is 9.73 Å². The second kappa shape index (κ2) is 6.05. The number of carbonyl (C=O) groups is 1. The first-order valence-corrected chi connectivity index (χ1v) is 7.16. The molecule has 0 radical (unpaired) electrons. The van der Waals surface area contributed by atoms with Crippen LogP contribution in [0.25, 0.3) is 0 Å². The molecule has 96 valence electrons. The zero-order valence-electron chi connectivity index (χ0n) is 10.2. The van der Waals surface area contributed by atoms with Gasteiger partial charge in [0.1, 0.15) is 0 Å². The van der Waals surface area contributed by atoms with Crippen LogP contribution in [0.4, 0.5) is 0 Å². The predicted octanol–water partition coefficient (Wildman–Crippen LogP) is 3.97. The van der Waals surface area contributed by atoms with Crippen LogP contribution in [0, 0.1) is 5.41 Å². The molecule has 0 fully saturated rings. The molecule has 0 saturated heterocycles. The third-order valence-corrected chi connectivity index (χ3v) is 3.19. The monoisotopic (exact) mass is 365 g/mol. The number of hydrogen-bond donors (Lipinski definition) is 1. The Balaban J connectivity index is 2.38. The minimum atomic E-state index is -0.186. The van der Waals surface area contributed by atoms with Gasteiger partial charge in [-0.1, -0.05) is 36.7 Å². The first-order valence-electron chi connectivity index (χ1n) is 5.45. The largest absolute Gasteiger partial charge is 0.444 e. The summed E-state index contributed by atoms with van der Waals surface area (Å²) in [5.41, 5.74) is 0.243. The van der Waals surface area contributed by atoms with Crippen LogP contribution in [0.5, 0.6) is 0 Å². The molecule has 1 amide bonds. The normalized spacial score (nSPS) is 13.5. The molecule has 3 nitrogen and oxygen atoms in total. The Morgan fingerprint density at radius 3 is 2.59 bits per heavy atom. The van der Waals surface area contributed by atoms with E-state index in [0.717, 1.165) is 6.42 Å². The number of carbonyl (C=O) groups excluding carboxylic acids is 1. The zero-order chi connectivity index (χ0) is 13.1. The molecule has 5 heteroatoms. The summed E-state index contributed by atoms with van der Waals surface area (Å²) in [6.07, 6.45) is 0.995. The van der Waals surface area contributed by atoms with Crippen molar-refractivity contribution < 1.29 is 9.21 Å². The number of nitrogens with one attached hydrogen (secondary N) is 1. The number of furan rings is 1. The fourth-order valence-corrected chi connectivity index (χ4v) is 2.90. The molecule has 0 saturated carbocycles. The number of hydrogen-bond acceptors (Lipinski definition) is 2. The van der Waals surface area contributed by atoms with Crippen molar-refractivity contribution in [3.8, 4) is 0 Å². The van der Waals surface area contributed by atoms with Crippen molar-refractivity contribution in [2.75, 3.05) is 6.54 Å². The molecule has 0 aliphatic heterocycles. The van der Waals surface area contributed by atoms with Gasteiger partial charge in [-0.05, 0) is 39.9 Å². The Kier molecular flexibility index (Phi) is 5.25. The van der Waals surface area contributed by atoms with E-state index in [0.29, 0.717) is 17.0 Å². The van der Waals surface area contributed by atoms with Crippen molar-refractivity contribution in [2.45, 2.75) is 32.0 Å². The van der Waals surface area contributed by atoms with Crippen molar-refractivity contribution in [3.63, 3.8) is 0 Å². The van der Waals surface area contributed by atoms with Crippen LogP contribution in [0.2, 0.25) is 0 Å². The van der Waals surface area contributed by atoms with Crippen LogP contribution in [0.3, 0.4) is 0 Å². The summed E-state index contributed by atoms with van der Waals surface area (Å²) < 4.78 is 5.73. The van der Waals surface area contributed by atoms with Crippen molar-refractivity contribution in [3.05, 3.63) is 22.6 Å². The molecule has 1 atom stereocenters. The standard InChI is InChI=1S/C12H17Br2NO2/c1-12(2,3)6-8(13)7-15-11(16)9-4-5-10(14)17-9/h4-5,8H,6-7H2,1-3H3,(H,15,16). The van der Waals surface area contributed by atoms with E-state index in [2.05, 4.69) is 57.9 Å². The summed E-state index contributed by atoms with van der Waals surface area (Å²) in [5.74, 6) is 0.140. The third-order valence-electron chi connectivity index (χ3n) is 2.11. The smallest absolute Gasteiger partial charge is 0.287 e. The highest BCUT2D eigenvalue weighted by molar-refractivity contribution is 9.10. The SMILES string of the molecule is CC(C)(C)CC(Br)CNC(=O)c1ccc(Br)o1. The maximum Gasteiger partial charge on any atom is 0.287 e. The third kappa shape index (κ3) is 5.73. The Labute approximate surface area is 119 Å². The van der Waals surface area contributed by atoms with E-state index in [1.165, 1.54) is 0 Å². The number of rotatable bonds is 4. The van der Waals surface area contributed by atoms with E-state index >= 15 is 0 Å². The van der Waals surface area contributed by atoms with Gasteiger partial charge in [0.05, 0.1) is 0 Å². The van der Waals surface area contributed by atoms with Crippen molar-refractivity contribution in [2.24, 2.45) is 5.41 Å². The van der Waals surface area contributed by atoms with Gasteiger partial charge in [-0.3, -0.25) is 4.79 Å². The number of alkyl halides is 1. The predicted molar refractivity (Wildman–Crippen MR) is 75.5 cm³/mol. The molecule has 0 bridgehead atoms. The molecular formula is C12H17Br2NO2. The molecule has 1 aromatic heterocycles. The van der Waals surface area contributed by atoms with E-state index < -0.39 is 0 Å². The number of amides is 1. The fourth-order valence-electron chi connectivity index (χ4n) is 1.46. The topological polar surface area (TPSA) is 42.2 Å². The van der Waals surface area contributed by atoms with Crippen molar-refractivity contribution in [1.29, 1.82) is 0 Å². The van der Waals surface area contributed by atoms with Gasteiger partial charge >= 0.3 is 0 Å². The molecule has 1 rings (SSSR count). The molecule has 0 aromatic carbocycles. The summed E-state index contributed by atoms with van der Waals surface area (Å²) in [4.78, 5) is 11.9. The molecule has 17 heavy (non-hydrogen) atoms. The molecular weight excluding hydrogens is 350 g/mol. The quantitative estimate of drug-likeness (QED) is 0.819. The van der Waals surface area contributed by atoms with Gasteiger partial charge in [-0.2, -0.15) is 0 Å². The minimum absolute atomic E-state index is 0.186. The van der Waals surface area contributed by atoms with E-state index in [4.69, 9.17) is 4.42 Å². The number of halogens is 2. The summed E-state index contributed by atoms with van der Waals surface area (Å²) in [7, 11) is 0. The first kappa shape index (κ1) is 14.8. The van der Waals surface area contributed by atoms with Crippen LogP contribution < -0.4 is 5.32 Å². The van der Waals surface area contributed by atoms with Gasteiger partial charge in [0, 0.05) is 11.4 Å². The Hall–Kier alpha value is -0.290. The second-order valence-electron chi connectivity index (χ2n) is 5.18. The maximum atomic E-state index is 11.7. The van der Waals surface area contributed by atoms with Gasteiger partial charge in [0.15, 0.2) is 10.4 Å². The highest BCUT2D eigenvalue weighted by Gasteiger charge is 2.18. The summed E-state index contributed by atoms with van der Waals surface area (Å²) in [6, 6.07) is 3.35. The highest BCUT2D eigenvalue weighted by Crippen LogP contribution is 2.24. The van der Waals surface area contributed by atoms with Gasteiger partial charge in [-0.25, -0.2) is 0 Å². The lowest BCUT2D eigenvalue weighted by atomic mass is 9.90. The van der Waals surface area contributed by atoms with E-state index in [1.807, 2.05) is 0 Å². The average molecular weight is 367 g/mol. The minimum Gasteiger partial charge on any atom is -0.444 e. The van der Waals surface area contributed by atoms with Gasteiger partial charge in [0.2, 0.25) is 0 Å². The summed E-state index contributed by atoms with van der Waals surface area (Å²) in [6.45, 7) is 7.11. The lowest BCUT2D eigenvalue weighted by Crippen LogP contribution is -2.31. The van der Waals surface area contributed by atoms with Crippen LogP contribution in [-0.2, 0) is 0 Å². The molecule has 1 unspecified atom stereocenters. The van der Waals surface area contributed by atoms with E-state index in [-0.39, 0.29) is 16.1 Å². The summed E-state index contributed by atoms with van der Waals surface area (Å²) >= 11 is 6.73. The lowest BCUT2D eigenvalue weighted by molar-refractivity contribution is 0.0923. The van der Waals surface area contributed by atoms with Gasteiger partial charge in [-0.15, -0.1) is 0 Å². The van der Waals surface area contributed by atoms with E-state index in [9.17, 15) is 4.79 Å². The van der Waals surface area contributed by atoms with Crippen molar-refractivity contribution >= 4 is 37.8 Å². The van der Waals surface area contributed by atoms with Crippen LogP contribution in [0.15, 0.2) is 21.2 Å². The van der Waals surface area contributed by atoms with Gasteiger partial charge in [0.25, 0.3) is 5.91 Å². The molecule has 1 aromatic rings. The maximum absolute atomic E-state index is 11.7. The van der Waals surface area contributed by atoms with Crippen LogP contribution >= 0.6 is 31.9 Å². The van der Waals surface area contributed by atoms with E-state index in [1.54, 1.807) is 12.1 Å². The zero-order valence-corrected chi connectivity index (χ0v) is 13.4. The Morgan fingerprint density at radius 2 is 2.12 bits per heavy atom. The second-order valence-corrected chi connectivity index (χ2v) is 7.25. The fraction of sp³-hybridized carbons (Fsp3) is 0.583. The molecule has 1 N–H and O–H groups in total. The molecule has 0 spiro atoms. The average Bonchev–Trinajstić information content (AvgIpc) is 2.58. The lowest BCUT2D eigenvalue weighted by Gasteiger charge is -2.22. The molecule has 0 aliphatic rings. The Bertz CT molecular complexity index is 382. The molecule has 0 aliphatic carbocycles. The van der Waals surface area contributed by atoms with Crippen LogP contribution in [0.1, 0.15) is 37.7 Å². The highest BCUT2D eigenvalue weighted by atomic mass is 79.9. The van der Waals surface area contributed by atoms with Crippen molar-refractivity contribution in [1.82, 2.24) is 5.32 Å². The first-order chi connectivity index (χ1) is 7.78. The Morgan fingerprint density at radius 1 is 1.47 bits per heavy atom. The van der Waals surface area contributed by atoms with Crippen LogP contribution in [-0.4, -0.2) is 17.3 Å².